The maximum atomic E-state index is 11.8. The van der Waals surface area contributed by atoms with Crippen LogP contribution in [0.3, 0.4) is 0 Å². The Balaban J connectivity index is 1.21. The molecule has 1 spiro atoms. The molecule has 0 bridgehead atoms. The van der Waals surface area contributed by atoms with Gasteiger partial charge in [-0.3, -0.25) is 0 Å². The number of ether oxygens (including phenoxy) is 4. The van der Waals surface area contributed by atoms with E-state index in [1.807, 2.05) is 0 Å². The molecule has 12 nitrogen and oxygen atoms in total. The zero-order valence-electron chi connectivity index (χ0n) is 26.4. The minimum absolute atomic E-state index is 0.0271. The topological polar surface area (TPSA) is 199 Å². The molecule has 19 atom stereocenters. The zero-order chi connectivity index (χ0) is 32.4. The summed E-state index contributed by atoms with van der Waals surface area (Å²) in [6, 6.07) is 0. The summed E-state index contributed by atoms with van der Waals surface area (Å²) in [6.07, 6.45) is -9.60. The summed E-state index contributed by atoms with van der Waals surface area (Å²) in [7, 11) is 0. The van der Waals surface area contributed by atoms with Crippen LogP contribution in [0.2, 0.25) is 0 Å². The van der Waals surface area contributed by atoms with Crippen LogP contribution in [0.25, 0.3) is 0 Å². The lowest BCUT2D eigenvalue weighted by Crippen LogP contribution is -2.79. The average molecular weight is 641 g/mol. The van der Waals surface area contributed by atoms with E-state index in [1.165, 1.54) is 0 Å². The van der Waals surface area contributed by atoms with Crippen LogP contribution in [-0.4, -0.2) is 127 Å². The van der Waals surface area contributed by atoms with E-state index >= 15 is 0 Å². The zero-order valence-corrected chi connectivity index (χ0v) is 26.4. The monoisotopic (exact) mass is 640 g/mol. The molecule has 3 heterocycles. The van der Waals surface area contributed by atoms with Crippen LogP contribution < -0.4 is 0 Å². The summed E-state index contributed by atoms with van der Waals surface area (Å²) in [4.78, 5) is 0. The first-order chi connectivity index (χ1) is 21.2. The van der Waals surface area contributed by atoms with Crippen molar-refractivity contribution in [1.82, 2.24) is 0 Å². The number of rotatable bonds is 3. The highest BCUT2D eigenvalue weighted by molar-refractivity contribution is 5.24. The van der Waals surface area contributed by atoms with E-state index in [-0.39, 0.29) is 47.5 Å². The number of aliphatic hydroxyl groups is 8. The van der Waals surface area contributed by atoms with Crippen LogP contribution in [0.15, 0.2) is 12.2 Å². The van der Waals surface area contributed by atoms with Gasteiger partial charge in [-0.2, -0.15) is 0 Å². The summed E-state index contributed by atoms with van der Waals surface area (Å²) >= 11 is 0. The van der Waals surface area contributed by atoms with E-state index in [9.17, 15) is 40.9 Å². The minimum atomic E-state index is -1.74. The number of hydrogen-bond acceptors (Lipinski definition) is 12. The molecule has 8 N–H and O–H groups in total. The SMILES string of the molecule is C=C1CC[C@@]2(OC1)O[C@H]1C[C@H]3[C@@H]4CCC5(O[C@@H]6O[C@H](CO)[C@@H](O)[C@H](O)[C@H]6O)C(O)C(O)C(O)C(O)[C@]5(C)[C@H]4CC[C@]3(C)[C@H]1[C@@H]2C. The second kappa shape index (κ2) is 10.9. The highest BCUT2D eigenvalue weighted by atomic mass is 16.7. The predicted octanol–water partition coefficient (Wildman–Crippen LogP) is -0.435. The largest absolute Gasteiger partial charge is 0.394 e. The van der Waals surface area contributed by atoms with Crippen molar-refractivity contribution in [3.05, 3.63) is 12.2 Å². The Morgan fingerprint density at radius 1 is 0.867 bits per heavy atom. The van der Waals surface area contributed by atoms with Gasteiger partial charge in [0.15, 0.2) is 12.1 Å². The third kappa shape index (κ3) is 4.21. The second-order valence-corrected chi connectivity index (χ2v) is 15.9. The lowest BCUT2D eigenvalue weighted by molar-refractivity contribution is -0.398. The van der Waals surface area contributed by atoms with Crippen molar-refractivity contribution in [2.75, 3.05) is 13.2 Å². The molecule has 7 fully saturated rings. The van der Waals surface area contributed by atoms with Crippen LogP contribution in [0.5, 0.6) is 0 Å². The van der Waals surface area contributed by atoms with Crippen LogP contribution in [0.4, 0.5) is 0 Å². The van der Waals surface area contributed by atoms with E-state index in [0.717, 1.165) is 31.3 Å². The molecular formula is C33H52O12. The van der Waals surface area contributed by atoms with Crippen molar-refractivity contribution in [1.29, 1.82) is 0 Å². The molecule has 12 heteroatoms. The van der Waals surface area contributed by atoms with E-state index in [4.69, 9.17) is 18.9 Å². The molecule has 0 amide bonds. The Morgan fingerprint density at radius 3 is 2.24 bits per heavy atom. The van der Waals surface area contributed by atoms with Crippen molar-refractivity contribution in [2.24, 2.45) is 40.4 Å². The Kier molecular flexibility index (Phi) is 7.93. The maximum absolute atomic E-state index is 11.8. The van der Waals surface area contributed by atoms with Crippen molar-refractivity contribution in [3.63, 3.8) is 0 Å². The van der Waals surface area contributed by atoms with Gasteiger partial charge in [0.2, 0.25) is 0 Å². The molecule has 7 aliphatic rings. The summed E-state index contributed by atoms with van der Waals surface area (Å²) < 4.78 is 25.3. The van der Waals surface area contributed by atoms with Crippen LogP contribution in [-0.2, 0) is 18.9 Å². The van der Waals surface area contributed by atoms with E-state index in [1.54, 1.807) is 6.92 Å². The molecule has 0 aromatic rings. The van der Waals surface area contributed by atoms with Gasteiger partial charge in [0.1, 0.15) is 48.3 Å². The minimum Gasteiger partial charge on any atom is -0.394 e. The molecule has 5 unspecified atom stereocenters. The maximum Gasteiger partial charge on any atom is 0.187 e. The molecule has 7 rings (SSSR count). The number of fused-ring (bicyclic) bond motifs is 7. The first-order valence-electron chi connectivity index (χ1n) is 16.9. The van der Waals surface area contributed by atoms with Gasteiger partial charge in [-0.05, 0) is 67.6 Å². The molecule has 0 aromatic heterocycles. The molecule has 4 aliphatic carbocycles. The predicted molar refractivity (Wildman–Crippen MR) is 156 cm³/mol. The van der Waals surface area contributed by atoms with Crippen LogP contribution in [0.1, 0.15) is 65.7 Å². The third-order valence-electron chi connectivity index (χ3n) is 14.2. The molecule has 4 saturated carbocycles. The fourth-order valence-corrected chi connectivity index (χ4v) is 11.8. The van der Waals surface area contributed by atoms with Gasteiger partial charge in [0.05, 0.1) is 25.4 Å². The summed E-state index contributed by atoms with van der Waals surface area (Å²) in [5.74, 6) is -0.0339. The molecule has 0 radical (unpaired) electrons. The Hall–Kier alpha value is -0.740. The molecule has 0 aromatic carbocycles. The Bertz CT molecular complexity index is 1160. The molecule has 45 heavy (non-hydrogen) atoms. The van der Waals surface area contributed by atoms with Crippen LogP contribution in [0, 0.1) is 40.4 Å². The molecular weight excluding hydrogens is 588 g/mol. The van der Waals surface area contributed by atoms with Gasteiger partial charge < -0.3 is 59.8 Å². The number of aliphatic hydroxyl groups excluding tert-OH is 8. The van der Waals surface area contributed by atoms with Gasteiger partial charge in [-0.25, -0.2) is 0 Å². The first-order valence-corrected chi connectivity index (χ1v) is 16.9. The van der Waals surface area contributed by atoms with Gasteiger partial charge >= 0.3 is 0 Å². The molecule has 256 valence electrons. The van der Waals surface area contributed by atoms with Crippen molar-refractivity contribution in [3.8, 4) is 0 Å². The summed E-state index contributed by atoms with van der Waals surface area (Å²) in [5, 5.41) is 87.1. The van der Waals surface area contributed by atoms with Gasteiger partial charge in [0, 0.05) is 17.8 Å². The quantitative estimate of drug-likeness (QED) is 0.147. The van der Waals surface area contributed by atoms with E-state index in [0.29, 0.717) is 19.4 Å². The lowest BCUT2D eigenvalue weighted by Gasteiger charge is -2.68. The smallest absolute Gasteiger partial charge is 0.187 e. The third-order valence-corrected chi connectivity index (χ3v) is 14.2. The molecule has 3 aliphatic heterocycles. The fourth-order valence-electron chi connectivity index (χ4n) is 11.8. The first kappa shape index (κ1) is 32.8. The lowest BCUT2D eigenvalue weighted by atomic mass is 9.41. The normalized spacial score (nSPS) is 61.0. The summed E-state index contributed by atoms with van der Waals surface area (Å²) in [6.45, 7) is 10.3. The second-order valence-electron chi connectivity index (χ2n) is 15.9. The van der Waals surface area contributed by atoms with E-state index < -0.39 is 78.5 Å². The van der Waals surface area contributed by atoms with Gasteiger partial charge in [-0.15, -0.1) is 0 Å². The highest BCUT2D eigenvalue weighted by Gasteiger charge is 2.76. The van der Waals surface area contributed by atoms with Crippen LogP contribution >= 0.6 is 0 Å². The van der Waals surface area contributed by atoms with Gasteiger partial charge in [0.25, 0.3) is 0 Å². The summed E-state index contributed by atoms with van der Waals surface area (Å²) in [5.41, 5.74) is -1.96. The van der Waals surface area contributed by atoms with Gasteiger partial charge in [-0.1, -0.05) is 32.9 Å². The standard InChI is InChI=1S/C33H52O12/c1-14-5-10-33(42-13-14)15(2)21-19(44-33)11-18-16-6-9-32(45-29-26(39)23(36)22(35)20(12-34)43-29)28(41)25(38)24(37)27(40)31(32,4)17(16)7-8-30(18,21)3/h15-29,34-41H,1,5-13H2,2-4H3/t15-,16+,17-,18-,19-,20+,21-,22+,23-,24?,25?,26+,27?,28?,29-,30-,31-,32?,33+/m0/s1. The Morgan fingerprint density at radius 2 is 1.58 bits per heavy atom. The number of hydrogen-bond donors (Lipinski definition) is 8. The van der Waals surface area contributed by atoms with Crippen molar-refractivity contribution < 1.29 is 59.8 Å². The fraction of sp³-hybridized carbons (Fsp3) is 0.939. The van der Waals surface area contributed by atoms with Crippen molar-refractivity contribution >= 4 is 0 Å². The average Bonchev–Trinajstić information content (AvgIpc) is 3.47. The van der Waals surface area contributed by atoms with Crippen molar-refractivity contribution in [2.45, 2.75) is 138 Å². The highest BCUT2D eigenvalue weighted by Crippen LogP contribution is 2.72. The Labute approximate surface area is 263 Å². The molecule has 3 saturated heterocycles. The van der Waals surface area contributed by atoms with E-state index in [2.05, 4.69) is 20.4 Å².